The number of aromatic nitrogens is 3. The molecule has 0 radical (unpaired) electrons. The van der Waals surface area contributed by atoms with E-state index in [1.165, 1.54) is 5.51 Å². The molecule has 0 atom stereocenters. The number of imidazole rings is 1. The molecule has 52 valence electrons. The van der Waals surface area contributed by atoms with Gasteiger partial charge in [0.05, 0.1) is 0 Å². The Morgan fingerprint density at radius 3 is 3.20 bits per heavy atom. The number of nitrogens with zero attached hydrogens (tertiary/aromatic N) is 3. The van der Waals surface area contributed by atoms with Crippen molar-refractivity contribution < 1.29 is 9.50 Å². The maximum absolute atomic E-state index is 12.4. The lowest BCUT2D eigenvalue weighted by atomic mass is 10.8. The Labute approximate surface area is 58.6 Å². The van der Waals surface area contributed by atoms with Crippen LogP contribution in [-0.4, -0.2) is 19.7 Å². The number of hydrogen-bond acceptors (Lipinski definition) is 4. The smallest absolute Gasteiger partial charge is 0.278 e. The third-order valence-corrected chi connectivity index (χ3v) is 1.76. The second kappa shape index (κ2) is 1.66. The molecule has 10 heavy (non-hydrogen) atoms. The van der Waals surface area contributed by atoms with E-state index < -0.39 is 11.8 Å². The van der Waals surface area contributed by atoms with Crippen LogP contribution in [0.3, 0.4) is 0 Å². The highest BCUT2D eigenvalue weighted by atomic mass is 32.1. The summed E-state index contributed by atoms with van der Waals surface area (Å²) in [7, 11) is 0. The summed E-state index contributed by atoms with van der Waals surface area (Å²) in [6.07, 6.45) is 0. The topological polar surface area (TPSA) is 50.4 Å². The lowest BCUT2D eigenvalue weighted by molar-refractivity contribution is 0.397. The highest BCUT2D eigenvalue weighted by molar-refractivity contribution is 7.14. The van der Waals surface area contributed by atoms with Crippen LogP contribution in [0.4, 0.5) is 4.39 Å². The first kappa shape index (κ1) is 5.60. The second-order valence-corrected chi connectivity index (χ2v) is 2.47. The van der Waals surface area contributed by atoms with Crippen LogP contribution in [0.5, 0.6) is 5.88 Å². The van der Waals surface area contributed by atoms with Gasteiger partial charge < -0.3 is 5.11 Å². The van der Waals surface area contributed by atoms with Crippen LogP contribution in [0.15, 0.2) is 5.51 Å². The fraction of sp³-hybridized carbons (Fsp3) is 0. The highest BCUT2D eigenvalue weighted by Gasteiger charge is 2.11. The van der Waals surface area contributed by atoms with Crippen molar-refractivity contribution in [2.45, 2.75) is 0 Å². The van der Waals surface area contributed by atoms with Crippen molar-refractivity contribution >= 4 is 16.3 Å². The lowest BCUT2D eigenvalue weighted by Gasteiger charge is -1.80. The minimum absolute atomic E-state index is 0.356. The molecule has 6 heteroatoms. The van der Waals surface area contributed by atoms with E-state index in [-0.39, 0.29) is 0 Å². The Kier molecular flexibility index (Phi) is 0.930. The van der Waals surface area contributed by atoms with Gasteiger partial charge >= 0.3 is 0 Å². The van der Waals surface area contributed by atoms with Crippen molar-refractivity contribution in [3.63, 3.8) is 0 Å². The van der Waals surface area contributed by atoms with Crippen LogP contribution in [0.2, 0.25) is 0 Å². The summed E-state index contributed by atoms with van der Waals surface area (Å²) < 4.78 is 13.4. The van der Waals surface area contributed by atoms with E-state index in [2.05, 4.69) is 10.1 Å². The summed E-state index contributed by atoms with van der Waals surface area (Å²) in [5.41, 5.74) is 1.47. The average molecular weight is 159 g/mol. The first-order valence-corrected chi connectivity index (χ1v) is 3.33. The summed E-state index contributed by atoms with van der Waals surface area (Å²) in [6.45, 7) is 0. The molecular weight excluding hydrogens is 157 g/mol. The molecule has 1 N–H and O–H groups in total. The first-order chi connectivity index (χ1) is 4.79. The fourth-order valence-electron chi connectivity index (χ4n) is 0.658. The number of hydrogen-bond donors (Lipinski definition) is 1. The van der Waals surface area contributed by atoms with Gasteiger partial charge in [-0.05, 0) is 0 Å². The Bertz CT molecular complexity index is 367. The largest absolute Gasteiger partial charge is 0.490 e. The Balaban J connectivity index is 2.95. The van der Waals surface area contributed by atoms with Gasteiger partial charge in [0.15, 0.2) is 0 Å². The first-order valence-electron chi connectivity index (χ1n) is 2.46. The van der Waals surface area contributed by atoms with Crippen LogP contribution < -0.4 is 0 Å². The molecule has 0 aliphatic heterocycles. The second-order valence-electron chi connectivity index (χ2n) is 1.66. The molecule has 0 amide bonds. The zero-order valence-corrected chi connectivity index (χ0v) is 5.47. The Morgan fingerprint density at radius 2 is 2.50 bits per heavy atom. The van der Waals surface area contributed by atoms with Crippen molar-refractivity contribution in [3.05, 3.63) is 11.5 Å². The van der Waals surface area contributed by atoms with Crippen molar-refractivity contribution in [2.75, 3.05) is 0 Å². The molecule has 0 spiro atoms. The predicted octanol–water partition coefficient (Wildman–Crippen LogP) is 0.635. The van der Waals surface area contributed by atoms with Crippen molar-refractivity contribution in [3.8, 4) is 5.88 Å². The van der Waals surface area contributed by atoms with Crippen LogP contribution in [0.25, 0.3) is 4.96 Å². The van der Waals surface area contributed by atoms with E-state index in [1.54, 1.807) is 0 Å². The van der Waals surface area contributed by atoms with E-state index in [0.717, 1.165) is 15.9 Å². The number of rotatable bonds is 0. The average Bonchev–Trinajstić information content (AvgIpc) is 2.41. The summed E-state index contributed by atoms with van der Waals surface area (Å²) in [5, 5.41) is 12.5. The van der Waals surface area contributed by atoms with Crippen LogP contribution in [0.1, 0.15) is 0 Å². The molecule has 0 unspecified atom stereocenters. The SMILES string of the molecule is Oc1c(F)nc2scnn12. The van der Waals surface area contributed by atoms with Gasteiger partial charge in [-0.3, -0.25) is 0 Å². The molecular formula is C4H2FN3OS. The molecule has 2 aromatic rings. The van der Waals surface area contributed by atoms with Crippen LogP contribution in [-0.2, 0) is 0 Å². The monoisotopic (exact) mass is 159 g/mol. The van der Waals surface area contributed by atoms with E-state index in [1.807, 2.05) is 0 Å². The molecule has 0 saturated heterocycles. The molecule has 2 heterocycles. The summed E-state index contributed by atoms with van der Waals surface area (Å²) >= 11 is 1.16. The third kappa shape index (κ3) is 0.535. The molecule has 0 bridgehead atoms. The lowest BCUT2D eigenvalue weighted by Crippen LogP contribution is -1.80. The van der Waals surface area contributed by atoms with E-state index in [4.69, 9.17) is 5.11 Å². The van der Waals surface area contributed by atoms with E-state index in [9.17, 15) is 4.39 Å². The van der Waals surface area contributed by atoms with Gasteiger partial charge in [0.25, 0.3) is 11.8 Å². The van der Waals surface area contributed by atoms with Crippen LogP contribution >= 0.6 is 11.3 Å². The van der Waals surface area contributed by atoms with E-state index >= 15 is 0 Å². The van der Waals surface area contributed by atoms with Gasteiger partial charge in [-0.1, -0.05) is 11.3 Å². The number of halogens is 1. The molecule has 0 aliphatic rings. The molecule has 0 aliphatic carbocycles. The normalized spacial score (nSPS) is 10.9. The molecule has 2 aromatic heterocycles. The zero-order chi connectivity index (χ0) is 7.14. The molecule has 4 nitrogen and oxygen atoms in total. The minimum atomic E-state index is -0.876. The highest BCUT2D eigenvalue weighted by Crippen LogP contribution is 2.18. The Hall–Kier alpha value is -1.17. The number of aromatic hydroxyl groups is 1. The van der Waals surface area contributed by atoms with Crippen molar-refractivity contribution in [1.29, 1.82) is 0 Å². The maximum atomic E-state index is 12.4. The molecule has 0 saturated carbocycles. The van der Waals surface area contributed by atoms with Gasteiger partial charge in [0, 0.05) is 0 Å². The summed E-state index contributed by atoms with van der Waals surface area (Å²) in [6, 6.07) is 0. The summed E-state index contributed by atoms with van der Waals surface area (Å²) in [5.74, 6) is -1.41. The van der Waals surface area contributed by atoms with Crippen molar-refractivity contribution in [2.24, 2.45) is 0 Å². The van der Waals surface area contributed by atoms with Gasteiger partial charge in [-0.2, -0.15) is 19.0 Å². The van der Waals surface area contributed by atoms with Crippen molar-refractivity contribution in [1.82, 2.24) is 14.6 Å². The fourth-order valence-corrected chi connectivity index (χ4v) is 1.26. The molecule has 0 fully saturated rings. The molecule has 2 rings (SSSR count). The van der Waals surface area contributed by atoms with Crippen LogP contribution in [0, 0.1) is 5.95 Å². The maximum Gasteiger partial charge on any atom is 0.278 e. The van der Waals surface area contributed by atoms with Gasteiger partial charge in [0.1, 0.15) is 5.51 Å². The zero-order valence-electron chi connectivity index (χ0n) is 4.65. The standard InChI is InChI=1S/C4H2FN3OS/c5-2-3(9)8-4(7-2)10-1-6-8/h1,9H. The predicted molar refractivity (Wildman–Crippen MR) is 32.5 cm³/mol. The van der Waals surface area contributed by atoms with E-state index in [0.29, 0.717) is 4.96 Å². The molecule has 0 aromatic carbocycles. The minimum Gasteiger partial charge on any atom is -0.490 e. The van der Waals surface area contributed by atoms with Gasteiger partial charge in [-0.15, -0.1) is 0 Å². The van der Waals surface area contributed by atoms with Gasteiger partial charge in [-0.25, -0.2) is 0 Å². The Morgan fingerprint density at radius 1 is 1.70 bits per heavy atom. The summed E-state index contributed by atoms with van der Waals surface area (Å²) in [4.78, 5) is 3.73. The quantitative estimate of drug-likeness (QED) is 0.613. The number of fused-ring (bicyclic) bond motifs is 1. The third-order valence-electron chi connectivity index (χ3n) is 1.08. The van der Waals surface area contributed by atoms with Gasteiger partial charge in [0.2, 0.25) is 4.96 Å².